The number of rotatable bonds is 5. The first-order valence-electron chi connectivity index (χ1n) is 9.75. The lowest BCUT2D eigenvalue weighted by Crippen LogP contribution is -2.45. The number of nitrogens with zero attached hydrogens (tertiary/aromatic N) is 2. The van der Waals surface area contributed by atoms with E-state index in [0.717, 1.165) is 32.6 Å². The first kappa shape index (κ1) is 22.9. The fourth-order valence-corrected chi connectivity index (χ4v) is 5.16. The summed E-state index contributed by atoms with van der Waals surface area (Å²) in [6, 6.07) is 6.53. The van der Waals surface area contributed by atoms with Crippen molar-refractivity contribution in [3.05, 3.63) is 24.3 Å². The molecule has 1 aromatic carbocycles. The predicted molar refractivity (Wildman–Crippen MR) is 110 cm³/mol. The standard InChI is InChI=1S/C19H29N3O4S.ClH/c1-2-26-17-4-6-18(7-5-17)27(24,25)22-13-8-16(9-14-22)19(23)21-12-3-10-20-11-15-21;/h4-7,16,20H,2-3,8-15H2,1H3;1H. The maximum Gasteiger partial charge on any atom is 0.243 e. The molecule has 2 heterocycles. The van der Waals surface area contributed by atoms with Crippen molar-refractivity contribution >= 4 is 28.3 Å². The van der Waals surface area contributed by atoms with Gasteiger partial charge in [0.05, 0.1) is 11.5 Å². The predicted octanol–water partition coefficient (Wildman–Crippen LogP) is 1.73. The number of halogens is 1. The van der Waals surface area contributed by atoms with Gasteiger partial charge < -0.3 is 15.0 Å². The average molecular weight is 432 g/mol. The van der Waals surface area contributed by atoms with Gasteiger partial charge in [0.15, 0.2) is 0 Å². The third-order valence-electron chi connectivity index (χ3n) is 5.23. The normalized spacial score (nSPS) is 19.5. The molecule has 3 rings (SSSR count). The van der Waals surface area contributed by atoms with Crippen LogP contribution in [-0.4, -0.2) is 69.4 Å². The average Bonchev–Trinajstić information content (AvgIpc) is 2.98. The van der Waals surface area contributed by atoms with Gasteiger partial charge in [-0.1, -0.05) is 0 Å². The summed E-state index contributed by atoms with van der Waals surface area (Å²) in [5, 5.41) is 3.30. The van der Waals surface area contributed by atoms with Crippen LogP contribution in [0.5, 0.6) is 5.75 Å². The molecule has 2 saturated heterocycles. The van der Waals surface area contributed by atoms with Crippen LogP contribution in [0.2, 0.25) is 0 Å². The largest absolute Gasteiger partial charge is 0.494 e. The Morgan fingerprint density at radius 3 is 2.43 bits per heavy atom. The number of piperidine rings is 1. The van der Waals surface area contributed by atoms with Crippen LogP contribution < -0.4 is 10.1 Å². The number of carbonyl (C=O) groups is 1. The lowest BCUT2D eigenvalue weighted by molar-refractivity contribution is -0.136. The minimum absolute atomic E-state index is 0. The molecule has 9 heteroatoms. The highest BCUT2D eigenvalue weighted by Crippen LogP contribution is 2.26. The van der Waals surface area contributed by atoms with Crippen molar-refractivity contribution in [2.24, 2.45) is 5.92 Å². The fourth-order valence-electron chi connectivity index (χ4n) is 3.69. The smallest absolute Gasteiger partial charge is 0.243 e. The molecule has 28 heavy (non-hydrogen) atoms. The van der Waals surface area contributed by atoms with Crippen molar-refractivity contribution in [3.8, 4) is 5.75 Å². The second-order valence-electron chi connectivity index (χ2n) is 7.01. The van der Waals surface area contributed by atoms with Gasteiger partial charge in [-0.2, -0.15) is 4.31 Å². The number of nitrogens with one attached hydrogen (secondary N) is 1. The topological polar surface area (TPSA) is 79.0 Å². The van der Waals surface area contributed by atoms with E-state index in [0.29, 0.717) is 38.3 Å². The minimum atomic E-state index is -3.53. The highest BCUT2D eigenvalue weighted by atomic mass is 35.5. The van der Waals surface area contributed by atoms with E-state index in [-0.39, 0.29) is 29.1 Å². The number of carbonyl (C=O) groups excluding carboxylic acids is 1. The molecule has 2 aliphatic rings. The lowest BCUT2D eigenvalue weighted by Gasteiger charge is -2.33. The van der Waals surface area contributed by atoms with Gasteiger partial charge in [0, 0.05) is 38.6 Å². The number of ether oxygens (including phenoxy) is 1. The molecule has 0 bridgehead atoms. The highest BCUT2D eigenvalue weighted by Gasteiger charge is 2.33. The van der Waals surface area contributed by atoms with Crippen molar-refractivity contribution in [1.29, 1.82) is 0 Å². The minimum Gasteiger partial charge on any atom is -0.494 e. The summed E-state index contributed by atoms with van der Waals surface area (Å²) in [5.41, 5.74) is 0. The van der Waals surface area contributed by atoms with Crippen LogP contribution in [0.15, 0.2) is 29.2 Å². The molecule has 2 fully saturated rings. The molecule has 0 atom stereocenters. The Labute approximate surface area is 173 Å². The van der Waals surface area contributed by atoms with Crippen molar-refractivity contribution in [2.45, 2.75) is 31.1 Å². The molecule has 1 N–H and O–H groups in total. The second kappa shape index (κ2) is 10.4. The molecular formula is C19H30ClN3O4S. The molecule has 0 aliphatic carbocycles. The van der Waals surface area contributed by atoms with E-state index in [4.69, 9.17) is 4.74 Å². The summed E-state index contributed by atoms with van der Waals surface area (Å²) in [6.45, 7) is 6.51. The number of sulfonamides is 1. The lowest BCUT2D eigenvalue weighted by atomic mass is 9.96. The zero-order valence-corrected chi connectivity index (χ0v) is 17.9. The zero-order valence-electron chi connectivity index (χ0n) is 16.3. The number of hydrogen-bond acceptors (Lipinski definition) is 5. The molecule has 2 aliphatic heterocycles. The monoisotopic (exact) mass is 431 g/mol. The van der Waals surface area contributed by atoms with Crippen LogP contribution in [0.3, 0.4) is 0 Å². The number of amides is 1. The molecule has 158 valence electrons. The summed E-state index contributed by atoms with van der Waals surface area (Å²) >= 11 is 0. The molecule has 1 amide bonds. The summed E-state index contributed by atoms with van der Waals surface area (Å²) < 4.78 is 32.6. The SMILES string of the molecule is CCOc1ccc(S(=O)(=O)N2CCC(C(=O)N3CCCNCC3)CC2)cc1.Cl. The Kier molecular flexibility index (Phi) is 8.55. The van der Waals surface area contributed by atoms with E-state index in [1.54, 1.807) is 24.3 Å². The number of benzene rings is 1. The van der Waals surface area contributed by atoms with Gasteiger partial charge in [0.1, 0.15) is 5.75 Å². The van der Waals surface area contributed by atoms with Crippen LogP contribution in [0, 0.1) is 5.92 Å². The third kappa shape index (κ3) is 5.37. The summed E-state index contributed by atoms with van der Waals surface area (Å²) in [5.74, 6) is 0.763. The summed E-state index contributed by atoms with van der Waals surface area (Å²) in [7, 11) is -3.53. The van der Waals surface area contributed by atoms with E-state index < -0.39 is 10.0 Å². The molecule has 0 unspecified atom stereocenters. The Morgan fingerprint density at radius 2 is 1.79 bits per heavy atom. The van der Waals surface area contributed by atoms with Gasteiger partial charge in [0.2, 0.25) is 15.9 Å². The zero-order chi connectivity index (χ0) is 19.3. The highest BCUT2D eigenvalue weighted by molar-refractivity contribution is 7.89. The van der Waals surface area contributed by atoms with E-state index in [1.807, 2.05) is 11.8 Å². The molecule has 7 nitrogen and oxygen atoms in total. The Hall–Kier alpha value is -1.35. The van der Waals surface area contributed by atoms with Crippen molar-refractivity contribution in [3.63, 3.8) is 0 Å². The molecule has 0 spiro atoms. The van der Waals surface area contributed by atoms with Gasteiger partial charge in [-0.05, 0) is 57.0 Å². The Balaban J connectivity index is 0.00000280. The van der Waals surface area contributed by atoms with E-state index >= 15 is 0 Å². The summed E-state index contributed by atoms with van der Waals surface area (Å²) in [6.07, 6.45) is 2.13. The van der Waals surface area contributed by atoms with Crippen molar-refractivity contribution < 1.29 is 17.9 Å². The van der Waals surface area contributed by atoms with Gasteiger partial charge in [0.25, 0.3) is 0 Å². The molecular weight excluding hydrogens is 402 g/mol. The fraction of sp³-hybridized carbons (Fsp3) is 0.632. The Bertz CT molecular complexity index is 726. The molecule has 1 aromatic rings. The van der Waals surface area contributed by atoms with Gasteiger partial charge in [-0.25, -0.2) is 8.42 Å². The van der Waals surface area contributed by atoms with Crippen molar-refractivity contribution in [1.82, 2.24) is 14.5 Å². The van der Waals surface area contributed by atoms with E-state index in [2.05, 4.69) is 5.32 Å². The number of hydrogen-bond donors (Lipinski definition) is 1. The van der Waals surface area contributed by atoms with Crippen LogP contribution in [0.1, 0.15) is 26.2 Å². The van der Waals surface area contributed by atoms with Gasteiger partial charge in [-0.15, -0.1) is 12.4 Å². The first-order valence-corrected chi connectivity index (χ1v) is 11.2. The van der Waals surface area contributed by atoms with Crippen molar-refractivity contribution in [2.75, 3.05) is 45.9 Å². The van der Waals surface area contributed by atoms with Crippen LogP contribution >= 0.6 is 12.4 Å². The second-order valence-corrected chi connectivity index (χ2v) is 8.95. The van der Waals surface area contributed by atoms with Crippen LogP contribution in [0.4, 0.5) is 0 Å². The summed E-state index contributed by atoms with van der Waals surface area (Å²) in [4.78, 5) is 15.0. The van der Waals surface area contributed by atoms with Gasteiger partial charge in [-0.3, -0.25) is 4.79 Å². The molecule has 0 saturated carbocycles. The molecule has 0 radical (unpaired) electrons. The first-order chi connectivity index (χ1) is 13.0. The molecule has 0 aromatic heterocycles. The Morgan fingerprint density at radius 1 is 1.11 bits per heavy atom. The third-order valence-corrected chi connectivity index (χ3v) is 7.14. The maximum absolute atomic E-state index is 12.9. The maximum atomic E-state index is 12.9. The van der Waals surface area contributed by atoms with Crippen LogP contribution in [-0.2, 0) is 14.8 Å². The van der Waals surface area contributed by atoms with E-state index in [9.17, 15) is 13.2 Å². The van der Waals surface area contributed by atoms with Gasteiger partial charge >= 0.3 is 0 Å². The quantitative estimate of drug-likeness (QED) is 0.768. The van der Waals surface area contributed by atoms with E-state index in [1.165, 1.54) is 4.31 Å². The van der Waals surface area contributed by atoms with Crippen LogP contribution in [0.25, 0.3) is 0 Å².